The van der Waals surface area contributed by atoms with Crippen LogP contribution in [0.15, 0.2) is 72.9 Å². The number of rotatable bonds is 52. The van der Waals surface area contributed by atoms with Crippen LogP contribution in [0.2, 0.25) is 0 Å². The van der Waals surface area contributed by atoms with Gasteiger partial charge in [0.1, 0.15) is 13.2 Å². The number of carbonyl (C=O) groups is 3. The van der Waals surface area contributed by atoms with Crippen LogP contribution in [-0.2, 0) is 28.6 Å². The zero-order valence-corrected chi connectivity index (χ0v) is 44.9. The Kier molecular flexibility index (Phi) is 53.8. The minimum atomic E-state index is -0.806. The van der Waals surface area contributed by atoms with Crippen molar-refractivity contribution in [3.63, 3.8) is 0 Å². The van der Waals surface area contributed by atoms with Crippen molar-refractivity contribution in [3.8, 4) is 0 Å². The molecule has 0 aromatic rings. The molecule has 0 saturated carbocycles. The smallest absolute Gasteiger partial charge is 0.306 e. The maximum absolute atomic E-state index is 12.8. The minimum Gasteiger partial charge on any atom is -0.462 e. The number of ether oxygens (including phenoxy) is 3. The molecule has 0 spiro atoms. The lowest BCUT2D eigenvalue weighted by molar-refractivity contribution is -0.167. The summed E-state index contributed by atoms with van der Waals surface area (Å²) in [7, 11) is 0. The molecule has 6 nitrogen and oxygen atoms in total. The second-order valence-corrected chi connectivity index (χ2v) is 19.2. The van der Waals surface area contributed by atoms with Crippen LogP contribution in [0.5, 0.6) is 0 Å². The Labute approximate surface area is 421 Å². The molecule has 0 bridgehead atoms. The first kappa shape index (κ1) is 64.8. The van der Waals surface area contributed by atoms with Crippen molar-refractivity contribution in [2.24, 2.45) is 0 Å². The second kappa shape index (κ2) is 56.4. The lowest BCUT2D eigenvalue weighted by atomic mass is 10.0. The molecule has 68 heavy (non-hydrogen) atoms. The van der Waals surface area contributed by atoms with E-state index in [-0.39, 0.29) is 37.5 Å². The van der Waals surface area contributed by atoms with E-state index in [0.29, 0.717) is 19.3 Å². The Balaban J connectivity index is 4.44. The van der Waals surface area contributed by atoms with E-state index in [1.54, 1.807) is 0 Å². The highest BCUT2D eigenvalue weighted by molar-refractivity contribution is 5.71. The number of unbranched alkanes of at least 4 members (excludes halogenated alkanes) is 31. The van der Waals surface area contributed by atoms with Gasteiger partial charge >= 0.3 is 17.9 Å². The van der Waals surface area contributed by atoms with E-state index < -0.39 is 6.10 Å². The third-order valence-corrected chi connectivity index (χ3v) is 12.5. The summed E-state index contributed by atoms with van der Waals surface area (Å²) in [5.74, 6) is -0.953. The van der Waals surface area contributed by atoms with Crippen LogP contribution in [0, 0.1) is 0 Å². The summed E-state index contributed by atoms with van der Waals surface area (Å²) in [6.45, 7) is 6.48. The summed E-state index contributed by atoms with van der Waals surface area (Å²) in [6, 6.07) is 0. The largest absolute Gasteiger partial charge is 0.462 e. The van der Waals surface area contributed by atoms with Gasteiger partial charge in [-0.05, 0) is 70.6 Å². The molecular weight excluding hydrogens is 841 g/mol. The summed E-state index contributed by atoms with van der Waals surface area (Å²) in [5.41, 5.74) is 0. The molecule has 0 amide bonds. The molecule has 0 aliphatic carbocycles. The fraction of sp³-hybridized carbons (Fsp3) is 0.758. The molecule has 0 heterocycles. The Morgan fingerprint density at radius 1 is 0.324 bits per heavy atom. The average molecular weight is 950 g/mol. The average Bonchev–Trinajstić information content (AvgIpc) is 3.34. The zero-order chi connectivity index (χ0) is 49.3. The highest BCUT2D eigenvalue weighted by Crippen LogP contribution is 2.16. The maximum atomic E-state index is 12.8. The van der Waals surface area contributed by atoms with Crippen molar-refractivity contribution in [2.45, 2.75) is 290 Å². The first-order valence-electron chi connectivity index (χ1n) is 29.0. The van der Waals surface area contributed by atoms with Crippen LogP contribution in [0.4, 0.5) is 0 Å². The van der Waals surface area contributed by atoms with Gasteiger partial charge in [-0.1, -0.05) is 267 Å². The van der Waals surface area contributed by atoms with E-state index in [1.807, 2.05) is 0 Å². The second-order valence-electron chi connectivity index (χ2n) is 19.2. The van der Waals surface area contributed by atoms with Crippen LogP contribution in [-0.4, -0.2) is 37.2 Å². The maximum Gasteiger partial charge on any atom is 0.306 e. The van der Waals surface area contributed by atoms with Crippen molar-refractivity contribution in [1.82, 2.24) is 0 Å². The van der Waals surface area contributed by atoms with E-state index in [2.05, 4.69) is 93.7 Å². The summed E-state index contributed by atoms with van der Waals surface area (Å²) >= 11 is 0. The molecule has 392 valence electrons. The van der Waals surface area contributed by atoms with Crippen LogP contribution < -0.4 is 0 Å². The van der Waals surface area contributed by atoms with E-state index in [1.165, 1.54) is 167 Å². The third-order valence-electron chi connectivity index (χ3n) is 12.5. The molecule has 6 heteroatoms. The molecule has 0 saturated heterocycles. The molecule has 0 radical (unpaired) electrons. The molecule has 0 aromatic heterocycles. The van der Waals surface area contributed by atoms with Gasteiger partial charge in [-0.25, -0.2) is 0 Å². The number of esters is 3. The van der Waals surface area contributed by atoms with E-state index in [4.69, 9.17) is 14.2 Å². The van der Waals surface area contributed by atoms with Crippen molar-refractivity contribution < 1.29 is 28.6 Å². The van der Waals surface area contributed by atoms with Crippen molar-refractivity contribution >= 4 is 17.9 Å². The van der Waals surface area contributed by atoms with Gasteiger partial charge in [-0.15, -0.1) is 0 Å². The Hall–Kier alpha value is -3.15. The monoisotopic (exact) mass is 949 g/mol. The van der Waals surface area contributed by atoms with Gasteiger partial charge in [0.25, 0.3) is 0 Å². The standard InChI is InChI=1S/C62H108O6/c1-4-7-10-13-16-19-22-25-28-30-32-34-37-40-43-46-49-52-55-61(64)67-58-59(57-66-60(63)54-51-48-45-42-39-36-33-27-24-21-18-15-12-9-6-3)68-62(65)56-53-50-47-44-41-38-35-31-29-26-23-20-17-14-11-8-5-2/h9,12,15,18,21,24,26,29,35,38,44,47,59H,4-8,10-11,13-14,16-17,19-20,22-23,25,27-28,30-34,36-37,39-43,45-46,48-58H2,1-3H3/b12-9-,18-15-,24-21-,29-26-,38-35-,47-44-. The normalized spacial score (nSPS) is 12.6. The summed E-state index contributed by atoms with van der Waals surface area (Å²) in [4.78, 5) is 38.1. The SMILES string of the molecule is CC\C=C/C=C\C=C/CCCCCCCCCC(=O)OCC(COC(=O)CCCCCCCCCCCCCCCCCCCC)OC(=O)CCC/C=C\C/C=C\C/C=C\CCCCCCCC. The third kappa shape index (κ3) is 53.8. The van der Waals surface area contributed by atoms with Gasteiger partial charge in [0, 0.05) is 19.3 Å². The van der Waals surface area contributed by atoms with E-state index >= 15 is 0 Å². The Bertz CT molecular complexity index is 1270. The quantitative estimate of drug-likeness (QED) is 0.0199. The van der Waals surface area contributed by atoms with Crippen molar-refractivity contribution in [1.29, 1.82) is 0 Å². The molecule has 0 aliphatic rings. The van der Waals surface area contributed by atoms with Gasteiger partial charge in [0.2, 0.25) is 0 Å². The summed E-state index contributed by atoms with van der Waals surface area (Å²) in [6.07, 6.45) is 71.8. The lowest BCUT2D eigenvalue weighted by Gasteiger charge is -2.18. The topological polar surface area (TPSA) is 78.9 Å². The Morgan fingerprint density at radius 2 is 0.647 bits per heavy atom. The molecule has 0 fully saturated rings. The lowest BCUT2D eigenvalue weighted by Crippen LogP contribution is -2.30. The number of hydrogen-bond acceptors (Lipinski definition) is 6. The number of carbonyl (C=O) groups excluding carboxylic acids is 3. The van der Waals surface area contributed by atoms with Gasteiger partial charge in [0.15, 0.2) is 6.10 Å². The molecule has 0 aromatic carbocycles. The molecule has 1 atom stereocenters. The molecule has 1 unspecified atom stereocenters. The molecule has 0 N–H and O–H groups in total. The molecular formula is C62H108O6. The van der Waals surface area contributed by atoms with Gasteiger partial charge in [-0.2, -0.15) is 0 Å². The highest BCUT2D eigenvalue weighted by Gasteiger charge is 2.19. The van der Waals surface area contributed by atoms with Gasteiger partial charge in [0.05, 0.1) is 0 Å². The summed E-state index contributed by atoms with van der Waals surface area (Å²) in [5, 5.41) is 0. The van der Waals surface area contributed by atoms with Gasteiger partial charge < -0.3 is 14.2 Å². The van der Waals surface area contributed by atoms with Crippen LogP contribution in [0.1, 0.15) is 284 Å². The van der Waals surface area contributed by atoms with Crippen LogP contribution in [0.25, 0.3) is 0 Å². The first-order valence-corrected chi connectivity index (χ1v) is 29.0. The van der Waals surface area contributed by atoms with E-state index in [0.717, 1.165) is 70.6 Å². The van der Waals surface area contributed by atoms with Crippen molar-refractivity contribution in [2.75, 3.05) is 13.2 Å². The Morgan fingerprint density at radius 3 is 1.06 bits per heavy atom. The fourth-order valence-electron chi connectivity index (χ4n) is 8.17. The van der Waals surface area contributed by atoms with Crippen LogP contribution in [0.3, 0.4) is 0 Å². The summed E-state index contributed by atoms with van der Waals surface area (Å²) < 4.78 is 16.8. The highest BCUT2D eigenvalue weighted by atomic mass is 16.6. The molecule has 0 rings (SSSR count). The van der Waals surface area contributed by atoms with E-state index in [9.17, 15) is 14.4 Å². The van der Waals surface area contributed by atoms with Crippen molar-refractivity contribution in [3.05, 3.63) is 72.9 Å². The fourth-order valence-corrected chi connectivity index (χ4v) is 8.17. The molecule has 0 aliphatic heterocycles. The number of allylic oxidation sites excluding steroid dienone is 12. The first-order chi connectivity index (χ1) is 33.5. The zero-order valence-electron chi connectivity index (χ0n) is 44.9. The minimum absolute atomic E-state index is 0.0971. The predicted molar refractivity (Wildman–Crippen MR) is 293 cm³/mol. The predicted octanol–water partition coefficient (Wildman–Crippen LogP) is 19.4. The number of hydrogen-bond donors (Lipinski definition) is 0. The van der Waals surface area contributed by atoms with Gasteiger partial charge in [-0.3, -0.25) is 14.4 Å². The van der Waals surface area contributed by atoms with Crippen LogP contribution >= 0.6 is 0 Å².